The highest BCUT2D eigenvalue weighted by molar-refractivity contribution is 7.80. The van der Waals surface area contributed by atoms with E-state index in [4.69, 9.17) is 17.0 Å². The number of anilines is 1. The van der Waals surface area contributed by atoms with Crippen molar-refractivity contribution in [3.8, 4) is 5.75 Å². The third-order valence-corrected chi connectivity index (χ3v) is 5.95. The number of amides is 2. The molecule has 4 rings (SSSR count). The summed E-state index contributed by atoms with van der Waals surface area (Å²) in [5.41, 5.74) is 2.52. The molecule has 0 bridgehead atoms. The number of aromatic nitrogens is 1. The third kappa shape index (κ3) is 5.58. The molecule has 1 saturated heterocycles. The summed E-state index contributed by atoms with van der Waals surface area (Å²) in [4.78, 5) is 33.9. The van der Waals surface area contributed by atoms with E-state index in [0.29, 0.717) is 30.5 Å². The fourth-order valence-corrected chi connectivity index (χ4v) is 4.21. The fourth-order valence-electron chi connectivity index (χ4n) is 3.86. The van der Waals surface area contributed by atoms with Crippen LogP contribution in [0, 0.1) is 0 Å². The number of nitrogens with one attached hydrogen (secondary N) is 1. The average molecular weight is 475 g/mol. The number of pyridine rings is 1. The van der Waals surface area contributed by atoms with Gasteiger partial charge in [-0.25, -0.2) is 0 Å². The van der Waals surface area contributed by atoms with Crippen LogP contribution in [0.2, 0.25) is 0 Å². The van der Waals surface area contributed by atoms with Crippen molar-refractivity contribution in [2.24, 2.45) is 0 Å². The molecule has 0 spiro atoms. The van der Waals surface area contributed by atoms with Crippen molar-refractivity contribution >= 4 is 34.8 Å². The van der Waals surface area contributed by atoms with Crippen LogP contribution in [0.5, 0.6) is 5.75 Å². The quantitative estimate of drug-likeness (QED) is 0.473. The average Bonchev–Trinajstić information content (AvgIpc) is 3.06. The first-order valence-electron chi connectivity index (χ1n) is 11.1. The SMILES string of the molecule is CCOc1ccc(NC(=O)C[C@@H]2C(=O)N(Cc3ccccc3)C(=S)N2Cc2cccnc2)cc1. The van der Waals surface area contributed by atoms with Gasteiger partial charge in [0.2, 0.25) is 5.91 Å². The summed E-state index contributed by atoms with van der Waals surface area (Å²) in [5.74, 6) is 0.290. The highest BCUT2D eigenvalue weighted by Gasteiger charge is 2.43. The molecule has 1 aliphatic rings. The third-order valence-electron chi connectivity index (χ3n) is 5.49. The minimum Gasteiger partial charge on any atom is -0.494 e. The molecule has 8 heteroatoms. The van der Waals surface area contributed by atoms with Gasteiger partial charge in [0.15, 0.2) is 5.11 Å². The van der Waals surface area contributed by atoms with Crippen LogP contribution in [0.25, 0.3) is 0 Å². The molecule has 0 radical (unpaired) electrons. The minimum atomic E-state index is -0.695. The van der Waals surface area contributed by atoms with Crippen LogP contribution in [0.3, 0.4) is 0 Å². The van der Waals surface area contributed by atoms with Crippen molar-refractivity contribution in [1.82, 2.24) is 14.8 Å². The molecule has 0 saturated carbocycles. The Hall–Kier alpha value is -3.78. The Bertz CT molecular complexity index is 1140. The summed E-state index contributed by atoms with van der Waals surface area (Å²) in [7, 11) is 0. The molecule has 1 fully saturated rings. The maximum Gasteiger partial charge on any atom is 0.252 e. The number of hydrogen-bond acceptors (Lipinski definition) is 5. The zero-order valence-corrected chi connectivity index (χ0v) is 19.7. The van der Waals surface area contributed by atoms with Gasteiger partial charge in [-0.05, 0) is 60.6 Å². The molecule has 2 heterocycles. The van der Waals surface area contributed by atoms with E-state index < -0.39 is 6.04 Å². The Morgan fingerprint density at radius 2 is 1.76 bits per heavy atom. The van der Waals surface area contributed by atoms with E-state index in [1.807, 2.05) is 54.3 Å². The minimum absolute atomic E-state index is 0.0161. The molecule has 34 heavy (non-hydrogen) atoms. The second kappa shape index (κ2) is 10.9. The number of carbonyl (C=O) groups excluding carboxylic acids is 2. The second-order valence-corrected chi connectivity index (χ2v) is 8.27. The maximum atomic E-state index is 13.4. The van der Waals surface area contributed by atoms with Gasteiger partial charge in [0, 0.05) is 24.6 Å². The van der Waals surface area contributed by atoms with E-state index >= 15 is 0 Å². The maximum absolute atomic E-state index is 13.4. The van der Waals surface area contributed by atoms with Gasteiger partial charge in [0.05, 0.1) is 19.6 Å². The zero-order valence-electron chi connectivity index (χ0n) is 18.9. The Morgan fingerprint density at radius 1 is 1.03 bits per heavy atom. The lowest BCUT2D eigenvalue weighted by atomic mass is 10.1. The van der Waals surface area contributed by atoms with E-state index in [-0.39, 0.29) is 18.2 Å². The van der Waals surface area contributed by atoms with Gasteiger partial charge in [-0.2, -0.15) is 0 Å². The Balaban J connectivity index is 1.51. The number of rotatable bonds is 9. The van der Waals surface area contributed by atoms with Gasteiger partial charge in [0.1, 0.15) is 11.8 Å². The van der Waals surface area contributed by atoms with Gasteiger partial charge in [-0.3, -0.25) is 19.5 Å². The van der Waals surface area contributed by atoms with E-state index in [0.717, 1.165) is 16.9 Å². The molecule has 3 aromatic rings. The molecule has 2 amide bonds. The first kappa shape index (κ1) is 23.4. The molecular weight excluding hydrogens is 448 g/mol. The molecule has 2 aromatic carbocycles. The predicted molar refractivity (Wildman–Crippen MR) is 134 cm³/mol. The Labute approximate surface area is 204 Å². The number of benzene rings is 2. The highest BCUT2D eigenvalue weighted by Crippen LogP contribution is 2.26. The van der Waals surface area contributed by atoms with Gasteiger partial charge in [-0.15, -0.1) is 0 Å². The molecular formula is C26H26N4O3S. The molecule has 1 N–H and O–H groups in total. The van der Waals surface area contributed by atoms with E-state index in [9.17, 15) is 9.59 Å². The number of hydrogen-bond donors (Lipinski definition) is 1. The highest BCUT2D eigenvalue weighted by atomic mass is 32.1. The normalized spacial score (nSPS) is 15.5. The Morgan fingerprint density at radius 3 is 2.44 bits per heavy atom. The predicted octanol–water partition coefficient (Wildman–Crippen LogP) is 4.01. The standard InChI is InChI=1S/C26H26N4O3S/c1-2-33-22-12-10-21(11-13-22)28-24(31)15-23-25(32)30(17-19-7-4-3-5-8-19)26(34)29(23)18-20-9-6-14-27-16-20/h3-14,16,23H,2,15,17-18H2,1H3,(H,28,31)/t23-/m1/s1. The molecule has 0 unspecified atom stereocenters. The monoisotopic (exact) mass is 474 g/mol. The number of carbonyl (C=O) groups is 2. The van der Waals surface area contributed by atoms with Crippen LogP contribution in [-0.4, -0.2) is 44.4 Å². The summed E-state index contributed by atoms with van der Waals surface area (Å²) >= 11 is 5.70. The Kier molecular flexibility index (Phi) is 7.49. The molecule has 174 valence electrons. The largest absolute Gasteiger partial charge is 0.494 e. The molecule has 7 nitrogen and oxygen atoms in total. The molecule has 0 aliphatic carbocycles. The van der Waals surface area contributed by atoms with Crippen molar-refractivity contribution in [3.05, 3.63) is 90.3 Å². The number of nitrogens with zero attached hydrogens (tertiary/aromatic N) is 3. The second-order valence-electron chi connectivity index (χ2n) is 7.91. The fraction of sp³-hybridized carbons (Fsp3) is 0.231. The summed E-state index contributed by atoms with van der Waals surface area (Å²) in [5, 5.41) is 3.29. The van der Waals surface area contributed by atoms with Crippen molar-refractivity contribution in [1.29, 1.82) is 0 Å². The van der Waals surface area contributed by atoms with Gasteiger partial charge in [-0.1, -0.05) is 36.4 Å². The van der Waals surface area contributed by atoms with Crippen molar-refractivity contribution in [2.45, 2.75) is 32.5 Å². The van der Waals surface area contributed by atoms with Crippen LogP contribution in [0.15, 0.2) is 79.1 Å². The topological polar surface area (TPSA) is 74.8 Å². The van der Waals surface area contributed by atoms with Crippen molar-refractivity contribution < 1.29 is 14.3 Å². The van der Waals surface area contributed by atoms with Crippen LogP contribution in [0.4, 0.5) is 5.69 Å². The first-order valence-corrected chi connectivity index (χ1v) is 11.5. The van der Waals surface area contributed by atoms with Crippen LogP contribution in [-0.2, 0) is 22.7 Å². The van der Waals surface area contributed by atoms with E-state index in [2.05, 4.69) is 10.3 Å². The van der Waals surface area contributed by atoms with E-state index in [1.165, 1.54) is 0 Å². The lowest BCUT2D eigenvalue weighted by molar-refractivity contribution is -0.131. The van der Waals surface area contributed by atoms with Gasteiger partial charge >= 0.3 is 0 Å². The van der Waals surface area contributed by atoms with Crippen LogP contribution >= 0.6 is 12.2 Å². The van der Waals surface area contributed by atoms with E-state index in [1.54, 1.807) is 41.6 Å². The first-order chi connectivity index (χ1) is 16.5. The summed E-state index contributed by atoms with van der Waals surface area (Å²) < 4.78 is 5.44. The summed E-state index contributed by atoms with van der Waals surface area (Å²) in [6.07, 6.45) is 3.42. The zero-order chi connectivity index (χ0) is 23.9. The summed E-state index contributed by atoms with van der Waals surface area (Å²) in [6.45, 7) is 3.24. The summed E-state index contributed by atoms with van der Waals surface area (Å²) in [6, 6.07) is 19.9. The van der Waals surface area contributed by atoms with Crippen LogP contribution < -0.4 is 10.1 Å². The lowest BCUT2D eigenvalue weighted by Crippen LogP contribution is -2.37. The number of ether oxygens (including phenoxy) is 1. The van der Waals surface area contributed by atoms with Gasteiger partial charge < -0.3 is 15.0 Å². The molecule has 1 atom stereocenters. The van der Waals surface area contributed by atoms with Crippen molar-refractivity contribution in [2.75, 3.05) is 11.9 Å². The van der Waals surface area contributed by atoms with Gasteiger partial charge in [0.25, 0.3) is 5.91 Å². The lowest BCUT2D eigenvalue weighted by Gasteiger charge is -2.24. The number of thiocarbonyl (C=S) groups is 1. The molecule has 1 aromatic heterocycles. The smallest absolute Gasteiger partial charge is 0.252 e. The van der Waals surface area contributed by atoms with Crippen LogP contribution in [0.1, 0.15) is 24.5 Å². The molecule has 1 aliphatic heterocycles. The van der Waals surface area contributed by atoms with Crippen molar-refractivity contribution in [3.63, 3.8) is 0 Å².